The Labute approximate surface area is 99.4 Å². The summed E-state index contributed by atoms with van der Waals surface area (Å²) in [7, 11) is 1.75. The lowest BCUT2D eigenvalue weighted by Crippen LogP contribution is -2.25. The second kappa shape index (κ2) is 4.61. The third-order valence-corrected chi connectivity index (χ3v) is 2.75. The van der Waals surface area contributed by atoms with E-state index in [1.165, 1.54) is 0 Å². The lowest BCUT2D eigenvalue weighted by molar-refractivity contribution is -0.117. The highest BCUT2D eigenvalue weighted by Gasteiger charge is 2.14. The molecule has 0 saturated carbocycles. The van der Waals surface area contributed by atoms with Gasteiger partial charge in [0.15, 0.2) is 0 Å². The second-order valence-corrected chi connectivity index (χ2v) is 3.99. The van der Waals surface area contributed by atoms with Crippen LogP contribution < -0.4 is 4.90 Å². The number of hydrogen-bond acceptors (Lipinski definition) is 3. The molecule has 0 N–H and O–H groups in total. The van der Waals surface area contributed by atoms with Crippen LogP contribution in [0, 0.1) is 0 Å². The molecule has 0 aliphatic rings. The average Bonchev–Trinajstić information content (AvgIpc) is 2.72. The van der Waals surface area contributed by atoms with Crippen LogP contribution in [-0.4, -0.2) is 18.7 Å². The Morgan fingerprint density at radius 1 is 1.44 bits per heavy atom. The molecule has 1 heterocycles. The minimum atomic E-state index is 0.0431. The summed E-state index contributed by atoms with van der Waals surface area (Å²) in [5.41, 5.74) is 1.60. The zero-order chi connectivity index (χ0) is 11.5. The Kier molecular flexibility index (Phi) is 3.19. The third kappa shape index (κ3) is 1.93. The normalized spacial score (nSPS) is 10.6. The van der Waals surface area contributed by atoms with Crippen LogP contribution in [0.4, 0.5) is 5.69 Å². The number of fused-ring (bicyclic) bond motifs is 1. The molecule has 0 aliphatic heterocycles. The first kappa shape index (κ1) is 11.1. The van der Waals surface area contributed by atoms with Crippen molar-refractivity contribution in [3.8, 4) is 0 Å². The quantitative estimate of drug-likeness (QED) is 0.830. The molecule has 4 heteroatoms. The van der Waals surface area contributed by atoms with Crippen molar-refractivity contribution in [2.75, 3.05) is 17.7 Å². The molecular formula is C12H13NO2S. The third-order valence-electron chi connectivity index (χ3n) is 2.52. The zero-order valence-corrected chi connectivity index (χ0v) is 9.91. The van der Waals surface area contributed by atoms with E-state index in [-0.39, 0.29) is 5.91 Å². The van der Waals surface area contributed by atoms with Crippen LogP contribution in [0.5, 0.6) is 0 Å². The number of carbonyl (C=O) groups excluding carboxylic acids is 1. The number of anilines is 1. The Balaban J connectivity index is 2.36. The average molecular weight is 235 g/mol. The molecule has 0 fully saturated rings. The fraction of sp³-hybridized carbons (Fsp3) is 0.250. The van der Waals surface area contributed by atoms with Gasteiger partial charge in [0, 0.05) is 18.9 Å². The van der Waals surface area contributed by atoms with Gasteiger partial charge in [-0.1, -0.05) is 12.1 Å². The Bertz CT molecular complexity index is 506. The number of thiol groups is 1. The molecule has 0 saturated heterocycles. The number of para-hydroxylation sites is 1. The van der Waals surface area contributed by atoms with Gasteiger partial charge in [-0.05, 0) is 17.9 Å². The smallest absolute Gasteiger partial charge is 0.227 e. The van der Waals surface area contributed by atoms with E-state index in [2.05, 4.69) is 12.6 Å². The zero-order valence-electron chi connectivity index (χ0n) is 9.01. The van der Waals surface area contributed by atoms with E-state index in [1.807, 2.05) is 24.3 Å². The summed E-state index contributed by atoms with van der Waals surface area (Å²) in [5.74, 6) is 0.598. The molecule has 0 aliphatic carbocycles. The number of rotatable bonds is 3. The first-order valence-electron chi connectivity index (χ1n) is 5.07. The van der Waals surface area contributed by atoms with E-state index >= 15 is 0 Å². The summed E-state index contributed by atoms with van der Waals surface area (Å²) in [5, 5.41) is 0.956. The van der Waals surface area contributed by atoms with E-state index in [4.69, 9.17) is 4.42 Å². The van der Waals surface area contributed by atoms with Crippen molar-refractivity contribution < 1.29 is 9.21 Å². The van der Waals surface area contributed by atoms with Crippen LogP contribution in [0.25, 0.3) is 11.0 Å². The fourth-order valence-electron chi connectivity index (χ4n) is 1.62. The monoisotopic (exact) mass is 235 g/mol. The van der Waals surface area contributed by atoms with Crippen molar-refractivity contribution in [3.63, 3.8) is 0 Å². The largest absolute Gasteiger partial charge is 0.462 e. The molecule has 84 valence electrons. The van der Waals surface area contributed by atoms with Gasteiger partial charge in [-0.3, -0.25) is 4.79 Å². The molecule has 16 heavy (non-hydrogen) atoms. The van der Waals surface area contributed by atoms with Gasteiger partial charge in [-0.25, -0.2) is 0 Å². The molecule has 1 aromatic carbocycles. The van der Waals surface area contributed by atoms with E-state index < -0.39 is 0 Å². The van der Waals surface area contributed by atoms with E-state index in [0.717, 1.165) is 16.7 Å². The van der Waals surface area contributed by atoms with Crippen molar-refractivity contribution >= 4 is 35.2 Å². The van der Waals surface area contributed by atoms with E-state index in [1.54, 1.807) is 18.2 Å². The van der Waals surface area contributed by atoms with Crippen LogP contribution in [0.2, 0.25) is 0 Å². The molecule has 0 unspecified atom stereocenters. The maximum absolute atomic E-state index is 11.7. The van der Waals surface area contributed by atoms with Gasteiger partial charge in [0.25, 0.3) is 0 Å². The maximum atomic E-state index is 11.7. The maximum Gasteiger partial charge on any atom is 0.227 e. The molecular weight excluding hydrogens is 222 g/mol. The first-order chi connectivity index (χ1) is 7.74. The molecule has 3 nitrogen and oxygen atoms in total. The Morgan fingerprint density at radius 3 is 2.94 bits per heavy atom. The van der Waals surface area contributed by atoms with E-state index in [9.17, 15) is 4.79 Å². The van der Waals surface area contributed by atoms with Gasteiger partial charge in [-0.15, -0.1) is 0 Å². The molecule has 2 aromatic rings. The topological polar surface area (TPSA) is 33.5 Å². The summed E-state index contributed by atoms with van der Waals surface area (Å²) in [6.07, 6.45) is 2.04. The highest BCUT2D eigenvalue weighted by atomic mass is 32.1. The number of benzene rings is 1. The van der Waals surface area contributed by atoms with Crippen LogP contribution in [0.15, 0.2) is 34.9 Å². The molecule has 1 aromatic heterocycles. The number of hydrogen-bond donors (Lipinski definition) is 1. The number of amides is 1. The van der Waals surface area contributed by atoms with Crippen LogP contribution >= 0.6 is 12.6 Å². The lowest BCUT2D eigenvalue weighted by Gasteiger charge is -2.14. The standard InChI is InChI=1S/C12H13NO2S/c1-13(12(14)6-7-16)10-8-15-11-5-3-2-4-9(10)11/h2-5,8,16H,6-7H2,1H3. The van der Waals surface area contributed by atoms with Crippen molar-refractivity contribution in [3.05, 3.63) is 30.5 Å². The molecule has 0 radical (unpaired) electrons. The highest BCUT2D eigenvalue weighted by Crippen LogP contribution is 2.28. The number of nitrogens with zero attached hydrogens (tertiary/aromatic N) is 1. The highest BCUT2D eigenvalue weighted by molar-refractivity contribution is 7.80. The van der Waals surface area contributed by atoms with Gasteiger partial charge >= 0.3 is 0 Å². The summed E-state index contributed by atoms with van der Waals surface area (Å²) in [6.45, 7) is 0. The van der Waals surface area contributed by atoms with Gasteiger partial charge in [-0.2, -0.15) is 12.6 Å². The summed E-state index contributed by atoms with van der Waals surface area (Å²) in [6, 6.07) is 7.66. The number of carbonyl (C=O) groups is 1. The SMILES string of the molecule is CN(C(=O)CCS)c1coc2ccccc12. The molecule has 0 spiro atoms. The Morgan fingerprint density at radius 2 is 2.19 bits per heavy atom. The van der Waals surface area contributed by atoms with Gasteiger partial charge < -0.3 is 9.32 Å². The molecule has 1 amide bonds. The van der Waals surface area contributed by atoms with Gasteiger partial charge in [0.05, 0.1) is 5.69 Å². The predicted octanol–water partition coefficient (Wildman–Crippen LogP) is 2.72. The lowest BCUT2D eigenvalue weighted by atomic mass is 10.2. The van der Waals surface area contributed by atoms with Crippen molar-refractivity contribution in [2.45, 2.75) is 6.42 Å². The van der Waals surface area contributed by atoms with Gasteiger partial charge in [0.2, 0.25) is 5.91 Å². The molecule has 0 atom stereocenters. The molecule has 0 bridgehead atoms. The van der Waals surface area contributed by atoms with Crippen LogP contribution in [0.3, 0.4) is 0 Å². The molecule has 2 rings (SSSR count). The van der Waals surface area contributed by atoms with Crippen molar-refractivity contribution in [1.82, 2.24) is 0 Å². The second-order valence-electron chi connectivity index (χ2n) is 3.54. The minimum Gasteiger partial charge on any atom is -0.462 e. The predicted molar refractivity (Wildman–Crippen MR) is 68.1 cm³/mol. The van der Waals surface area contributed by atoms with Crippen molar-refractivity contribution in [2.24, 2.45) is 0 Å². The summed E-state index contributed by atoms with van der Waals surface area (Å²) in [4.78, 5) is 13.3. The van der Waals surface area contributed by atoms with Crippen LogP contribution in [-0.2, 0) is 4.79 Å². The summed E-state index contributed by atoms with van der Waals surface area (Å²) < 4.78 is 5.39. The van der Waals surface area contributed by atoms with Crippen LogP contribution in [0.1, 0.15) is 6.42 Å². The van der Waals surface area contributed by atoms with Crippen molar-refractivity contribution in [1.29, 1.82) is 0 Å². The van der Waals surface area contributed by atoms with E-state index in [0.29, 0.717) is 12.2 Å². The number of furan rings is 1. The van der Waals surface area contributed by atoms with Gasteiger partial charge in [0.1, 0.15) is 11.8 Å². The Hall–Kier alpha value is -1.42. The first-order valence-corrected chi connectivity index (χ1v) is 5.71. The summed E-state index contributed by atoms with van der Waals surface area (Å²) >= 11 is 4.05. The fourth-order valence-corrected chi connectivity index (χ4v) is 1.81. The minimum absolute atomic E-state index is 0.0431.